The highest BCUT2D eigenvalue weighted by atomic mass is 35.5. The maximum atomic E-state index is 15.0. The number of aliphatic carboxylic acids is 1. The van der Waals surface area contributed by atoms with Gasteiger partial charge in [0.25, 0.3) is 5.92 Å². The number of hydrogen-bond donors (Lipinski definition) is 2. The first-order valence-electron chi connectivity index (χ1n) is 12.1. The van der Waals surface area contributed by atoms with Gasteiger partial charge < -0.3 is 15.2 Å². The van der Waals surface area contributed by atoms with Crippen molar-refractivity contribution in [1.82, 2.24) is 15.2 Å². The number of aromatic nitrogens is 1. The third-order valence-electron chi connectivity index (χ3n) is 7.15. The Morgan fingerprint density at radius 3 is 2.79 bits per heavy atom. The van der Waals surface area contributed by atoms with Gasteiger partial charge in [-0.1, -0.05) is 23.7 Å². The van der Waals surface area contributed by atoms with Gasteiger partial charge in [-0.25, -0.2) is 22.9 Å². The van der Waals surface area contributed by atoms with Gasteiger partial charge in [-0.2, -0.15) is 0 Å². The van der Waals surface area contributed by atoms with Crippen LogP contribution in [0.4, 0.5) is 13.2 Å². The van der Waals surface area contributed by atoms with Crippen LogP contribution < -0.4 is 5.32 Å². The molecule has 0 amide bonds. The van der Waals surface area contributed by atoms with Crippen molar-refractivity contribution in [3.05, 3.63) is 62.5 Å². The van der Waals surface area contributed by atoms with E-state index in [9.17, 15) is 19.1 Å². The Labute approximate surface area is 225 Å². The van der Waals surface area contributed by atoms with Gasteiger partial charge >= 0.3 is 11.9 Å². The highest BCUT2D eigenvalue weighted by Crippen LogP contribution is 2.48. The zero-order valence-corrected chi connectivity index (χ0v) is 21.7. The Hall–Kier alpha value is -2.96. The van der Waals surface area contributed by atoms with E-state index in [1.807, 2.05) is 0 Å². The van der Waals surface area contributed by atoms with Gasteiger partial charge in [0.1, 0.15) is 11.9 Å². The van der Waals surface area contributed by atoms with E-state index in [-0.39, 0.29) is 53.7 Å². The molecule has 3 aliphatic heterocycles. The highest BCUT2D eigenvalue weighted by Gasteiger charge is 2.58. The van der Waals surface area contributed by atoms with Crippen LogP contribution in [0.5, 0.6) is 0 Å². The summed E-state index contributed by atoms with van der Waals surface area (Å²) in [6, 6.07) is 1.04. The maximum Gasteiger partial charge on any atom is 0.338 e. The molecule has 5 rings (SSSR count). The molecule has 2 N–H and O–H groups in total. The van der Waals surface area contributed by atoms with E-state index in [4.69, 9.17) is 16.3 Å². The number of ether oxygens (including phenoxy) is 1. The molecule has 2 saturated heterocycles. The summed E-state index contributed by atoms with van der Waals surface area (Å²) in [6.07, 6.45) is 0.940. The summed E-state index contributed by atoms with van der Waals surface area (Å²) in [5, 5.41) is 14.6. The predicted octanol–water partition coefficient (Wildman–Crippen LogP) is 4.42. The van der Waals surface area contributed by atoms with E-state index in [0.717, 1.165) is 0 Å². The topological polar surface area (TPSA) is 104 Å². The molecule has 2 fully saturated rings. The fraction of sp³-hybridized carbons (Fsp3) is 0.440. The number of carboxylic acid groups (broad SMARTS) is 1. The number of carbonyl (C=O) groups excluding carboxylic acids is 1. The van der Waals surface area contributed by atoms with Gasteiger partial charge in [-0.15, -0.1) is 11.3 Å². The molecule has 0 saturated carbocycles. The van der Waals surface area contributed by atoms with E-state index in [1.165, 1.54) is 29.5 Å². The van der Waals surface area contributed by atoms with Gasteiger partial charge in [0.15, 0.2) is 10.8 Å². The average Bonchev–Trinajstić information content (AvgIpc) is 3.44. The number of fused-ring (bicyclic) bond motifs is 2. The van der Waals surface area contributed by atoms with Crippen LogP contribution in [-0.4, -0.2) is 63.9 Å². The third-order valence-corrected chi connectivity index (χ3v) is 8.33. The van der Waals surface area contributed by atoms with Crippen LogP contribution in [0.1, 0.15) is 42.8 Å². The number of halogens is 4. The number of thiazole rings is 1. The number of rotatable bonds is 7. The number of aliphatic imine (C=N–C) groups is 1. The number of carboxylic acids is 1. The molecule has 4 atom stereocenters. The minimum Gasteiger partial charge on any atom is -0.481 e. The van der Waals surface area contributed by atoms with Crippen LogP contribution in [-0.2, 0) is 14.3 Å². The molecule has 13 heteroatoms. The second-order valence-electron chi connectivity index (χ2n) is 9.41. The lowest BCUT2D eigenvalue weighted by Gasteiger charge is -2.39. The van der Waals surface area contributed by atoms with Crippen molar-refractivity contribution in [2.45, 2.75) is 50.2 Å². The van der Waals surface area contributed by atoms with E-state index in [2.05, 4.69) is 15.3 Å². The van der Waals surface area contributed by atoms with Gasteiger partial charge in [-0.3, -0.25) is 14.7 Å². The quantitative estimate of drug-likeness (QED) is 0.477. The lowest BCUT2D eigenvalue weighted by molar-refractivity contribution is -0.145. The van der Waals surface area contributed by atoms with Crippen LogP contribution >= 0.6 is 22.9 Å². The molecule has 1 aromatic heterocycles. The molecule has 8 nitrogen and oxygen atoms in total. The molecule has 1 aromatic carbocycles. The van der Waals surface area contributed by atoms with Crippen molar-refractivity contribution in [2.75, 3.05) is 13.2 Å². The molecule has 0 aliphatic carbocycles. The maximum absolute atomic E-state index is 15.0. The molecule has 202 valence electrons. The number of esters is 1. The van der Waals surface area contributed by atoms with E-state index in [0.29, 0.717) is 5.01 Å². The Morgan fingerprint density at radius 1 is 1.34 bits per heavy atom. The summed E-state index contributed by atoms with van der Waals surface area (Å²) >= 11 is 7.58. The Bertz CT molecular complexity index is 1320. The first-order valence-corrected chi connectivity index (χ1v) is 13.3. The molecular weight excluding hydrogens is 545 g/mol. The minimum atomic E-state index is -3.09. The van der Waals surface area contributed by atoms with Crippen molar-refractivity contribution in [2.24, 2.45) is 10.9 Å². The number of hydrogen-bond acceptors (Lipinski definition) is 8. The largest absolute Gasteiger partial charge is 0.481 e. The van der Waals surface area contributed by atoms with Crippen LogP contribution in [0, 0.1) is 11.7 Å². The second-order valence-corrected chi connectivity index (χ2v) is 10.7. The molecule has 2 bridgehead atoms. The summed E-state index contributed by atoms with van der Waals surface area (Å²) in [5.74, 6) is -6.25. The summed E-state index contributed by atoms with van der Waals surface area (Å²) < 4.78 is 49.8. The SMILES string of the molecule is CCOC(=O)C1=C(CN2C3CC(C(=O)O)CC2C(F)(F)C3)NC(c2nccs2)=N[C@H]1c1cccc(F)c1Cl. The van der Waals surface area contributed by atoms with Crippen LogP contribution in [0.2, 0.25) is 5.02 Å². The number of alkyl halides is 2. The van der Waals surface area contributed by atoms with Crippen molar-refractivity contribution < 1.29 is 32.6 Å². The van der Waals surface area contributed by atoms with Gasteiger partial charge in [0, 0.05) is 41.8 Å². The lowest BCUT2D eigenvalue weighted by atomic mass is 9.89. The lowest BCUT2D eigenvalue weighted by Crippen LogP contribution is -2.50. The molecule has 38 heavy (non-hydrogen) atoms. The highest BCUT2D eigenvalue weighted by molar-refractivity contribution is 7.11. The molecule has 2 aromatic rings. The number of piperidine rings is 1. The summed E-state index contributed by atoms with van der Waals surface area (Å²) in [6.45, 7) is 1.54. The zero-order chi connectivity index (χ0) is 27.2. The summed E-state index contributed by atoms with van der Waals surface area (Å²) in [5.41, 5.74) is 0.471. The first kappa shape index (κ1) is 26.6. The number of benzene rings is 1. The van der Waals surface area contributed by atoms with Crippen LogP contribution in [0.15, 0.2) is 46.0 Å². The zero-order valence-electron chi connectivity index (χ0n) is 20.2. The smallest absolute Gasteiger partial charge is 0.338 e. The molecule has 3 unspecified atom stereocenters. The van der Waals surface area contributed by atoms with Crippen molar-refractivity contribution in [1.29, 1.82) is 0 Å². The fourth-order valence-corrected chi connectivity index (χ4v) is 6.30. The number of amidine groups is 1. The van der Waals surface area contributed by atoms with Crippen LogP contribution in [0.3, 0.4) is 0 Å². The van der Waals surface area contributed by atoms with Crippen molar-refractivity contribution >= 4 is 40.7 Å². The van der Waals surface area contributed by atoms with Gasteiger partial charge in [-0.05, 0) is 25.8 Å². The second kappa shape index (κ2) is 10.3. The predicted molar refractivity (Wildman–Crippen MR) is 134 cm³/mol. The summed E-state index contributed by atoms with van der Waals surface area (Å²) in [7, 11) is 0. The van der Waals surface area contributed by atoms with E-state index >= 15 is 8.78 Å². The van der Waals surface area contributed by atoms with E-state index in [1.54, 1.807) is 23.4 Å². The Kier molecular flexibility index (Phi) is 7.23. The molecular formula is C25H24ClF3N4O4S. The molecule has 0 spiro atoms. The number of carbonyl (C=O) groups is 2. The van der Waals surface area contributed by atoms with Gasteiger partial charge in [0.05, 0.1) is 29.2 Å². The Balaban J connectivity index is 1.61. The monoisotopic (exact) mass is 568 g/mol. The third kappa shape index (κ3) is 4.80. The van der Waals surface area contributed by atoms with Crippen LogP contribution in [0.25, 0.3) is 0 Å². The minimum absolute atomic E-state index is 0.0164. The summed E-state index contributed by atoms with van der Waals surface area (Å²) in [4.78, 5) is 35.4. The van der Waals surface area contributed by atoms with E-state index < -0.39 is 54.1 Å². The Morgan fingerprint density at radius 2 is 2.13 bits per heavy atom. The average molecular weight is 569 g/mol. The first-order chi connectivity index (χ1) is 18.1. The standard InChI is InChI=1S/C25H24ClF3N4O4S/c1-2-37-24(36)18-16(11-33-13-8-12(23(34)35)9-17(33)25(28,29)10-13)31-21(22-30-6-7-38-22)32-20(18)14-4-3-5-15(27)19(14)26/h3-7,12-13,17,20H,2,8-11H2,1H3,(H,31,32)(H,34,35)/t12?,13?,17?,20-/m0/s1. The van der Waals surface area contributed by atoms with Crippen molar-refractivity contribution in [3.8, 4) is 0 Å². The number of nitrogens with zero attached hydrogens (tertiary/aromatic N) is 3. The van der Waals surface area contributed by atoms with Gasteiger partial charge in [0.2, 0.25) is 0 Å². The normalized spacial score (nSPS) is 26.6. The molecule has 0 radical (unpaired) electrons. The fourth-order valence-electron chi connectivity index (χ4n) is 5.48. The van der Waals surface area contributed by atoms with Crippen molar-refractivity contribution in [3.63, 3.8) is 0 Å². The number of nitrogens with one attached hydrogen (secondary N) is 1. The molecule has 3 aliphatic rings. The molecule has 4 heterocycles.